The van der Waals surface area contributed by atoms with Crippen LogP contribution in [0.3, 0.4) is 0 Å². The van der Waals surface area contributed by atoms with Crippen molar-refractivity contribution in [2.45, 2.75) is 90.9 Å². The van der Waals surface area contributed by atoms with E-state index in [4.69, 9.17) is 5.11 Å². The Labute approximate surface area is 161 Å². The maximum absolute atomic E-state index is 10.1. The van der Waals surface area contributed by atoms with Crippen LogP contribution in [0.4, 0.5) is 0 Å². The summed E-state index contributed by atoms with van der Waals surface area (Å²) in [5, 5.41) is 18.0. The zero-order valence-electron chi connectivity index (χ0n) is 17.1. The lowest BCUT2D eigenvalue weighted by atomic mass is 9.73. The van der Waals surface area contributed by atoms with Gasteiger partial charge in [0.1, 0.15) is 5.75 Å². The molecular formula is C24H40O2. The Morgan fingerprint density at radius 1 is 0.923 bits per heavy atom. The molecule has 2 aliphatic carbocycles. The van der Waals surface area contributed by atoms with Crippen molar-refractivity contribution >= 4 is 0 Å². The normalized spacial score (nSPS) is 23.7. The predicted molar refractivity (Wildman–Crippen MR) is 111 cm³/mol. The van der Waals surface area contributed by atoms with Crippen molar-refractivity contribution < 1.29 is 10.2 Å². The average Bonchev–Trinajstić information content (AvgIpc) is 3.06. The van der Waals surface area contributed by atoms with Gasteiger partial charge in [-0.3, -0.25) is 0 Å². The van der Waals surface area contributed by atoms with Gasteiger partial charge >= 0.3 is 0 Å². The molecule has 0 amide bonds. The number of phenols is 1. The maximum atomic E-state index is 10.1. The van der Waals surface area contributed by atoms with Crippen molar-refractivity contribution in [2.24, 2.45) is 17.8 Å². The smallest absolute Gasteiger partial charge is 0.119 e. The molecular weight excluding hydrogens is 320 g/mol. The molecule has 0 heterocycles. The molecule has 0 radical (unpaired) electrons. The Bertz CT molecular complexity index is 509. The zero-order valence-corrected chi connectivity index (χ0v) is 17.1. The van der Waals surface area contributed by atoms with Gasteiger partial charge in [-0.15, -0.1) is 0 Å². The summed E-state index contributed by atoms with van der Waals surface area (Å²) in [6.45, 7) is 4.54. The highest BCUT2D eigenvalue weighted by Gasteiger charge is 2.39. The molecule has 3 rings (SSSR count). The zero-order chi connectivity index (χ0) is 18.8. The molecule has 1 unspecified atom stereocenters. The number of rotatable bonds is 8. The van der Waals surface area contributed by atoms with Crippen LogP contribution in [-0.4, -0.2) is 16.8 Å². The molecule has 26 heavy (non-hydrogen) atoms. The number of unbranched alkanes of at least 4 members (excludes halogenated alkanes) is 5. The molecule has 2 heteroatoms. The van der Waals surface area contributed by atoms with Gasteiger partial charge in [0, 0.05) is 6.61 Å². The van der Waals surface area contributed by atoms with Crippen molar-refractivity contribution in [3.05, 3.63) is 29.3 Å². The number of benzene rings is 1. The monoisotopic (exact) mass is 360 g/mol. The lowest BCUT2D eigenvalue weighted by Gasteiger charge is -2.31. The first kappa shape index (κ1) is 21.3. The minimum absolute atomic E-state index is 0.319. The summed E-state index contributed by atoms with van der Waals surface area (Å²) in [5.74, 6) is 3.22. The van der Waals surface area contributed by atoms with Crippen molar-refractivity contribution in [3.8, 4) is 5.75 Å². The van der Waals surface area contributed by atoms with E-state index in [0.29, 0.717) is 12.4 Å². The Kier molecular flexibility index (Phi) is 9.53. The number of aromatic hydroxyl groups is 1. The van der Waals surface area contributed by atoms with Crippen molar-refractivity contribution in [1.29, 1.82) is 0 Å². The van der Waals surface area contributed by atoms with Gasteiger partial charge in [-0.25, -0.2) is 0 Å². The van der Waals surface area contributed by atoms with Gasteiger partial charge < -0.3 is 10.2 Å². The molecule has 0 spiro atoms. The summed E-state index contributed by atoms with van der Waals surface area (Å²) < 4.78 is 0. The molecule has 1 aromatic carbocycles. The first-order chi connectivity index (χ1) is 12.7. The number of hydrogen-bond acceptors (Lipinski definition) is 2. The fourth-order valence-corrected chi connectivity index (χ4v) is 4.94. The van der Waals surface area contributed by atoms with Gasteiger partial charge in [0.05, 0.1) is 0 Å². The molecule has 1 aromatic rings. The summed E-state index contributed by atoms with van der Waals surface area (Å²) in [4.78, 5) is 0. The number of hydrogen-bond donors (Lipinski definition) is 2. The van der Waals surface area contributed by atoms with Gasteiger partial charge in [-0.2, -0.15) is 0 Å². The van der Waals surface area contributed by atoms with Crippen LogP contribution < -0.4 is 0 Å². The van der Waals surface area contributed by atoms with E-state index < -0.39 is 0 Å². The first-order valence-corrected chi connectivity index (χ1v) is 11.1. The van der Waals surface area contributed by atoms with Crippen LogP contribution in [0.2, 0.25) is 0 Å². The summed E-state index contributed by atoms with van der Waals surface area (Å²) in [6.07, 6.45) is 16.0. The second-order valence-corrected chi connectivity index (χ2v) is 8.36. The second-order valence-electron chi connectivity index (χ2n) is 8.36. The van der Waals surface area contributed by atoms with Crippen LogP contribution >= 0.6 is 0 Å². The van der Waals surface area contributed by atoms with Gasteiger partial charge in [0.25, 0.3) is 0 Å². The van der Waals surface area contributed by atoms with E-state index in [1.165, 1.54) is 75.3 Å². The molecule has 148 valence electrons. The van der Waals surface area contributed by atoms with E-state index in [9.17, 15) is 5.11 Å². The molecule has 1 fully saturated rings. The van der Waals surface area contributed by atoms with Gasteiger partial charge in [0.15, 0.2) is 0 Å². The molecule has 1 saturated carbocycles. The number of phenolic OH excluding ortho intramolecular Hbond substituents is 1. The quantitative estimate of drug-likeness (QED) is 0.536. The average molecular weight is 361 g/mol. The Hall–Kier alpha value is -1.02. The highest BCUT2D eigenvalue weighted by Crippen LogP contribution is 2.48. The van der Waals surface area contributed by atoms with Crippen LogP contribution in [0.15, 0.2) is 18.2 Å². The predicted octanol–water partition coefficient (Wildman–Crippen LogP) is 6.27. The largest absolute Gasteiger partial charge is 0.508 e. The molecule has 2 N–H and O–H groups in total. The molecule has 2 aliphatic rings. The van der Waals surface area contributed by atoms with E-state index in [1.807, 2.05) is 19.1 Å². The van der Waals surface area contributed by atoms with E-state index in [0.717, 1.165) is 30.6 Å². The fraction of sp³-hybridized carbons (Fsp3) is 0.750. The minimum Gasteiger partial charge on any atom is -0.508 e. The van der Waals surface area contributed by atoms with Gasteiger partial charge in [-0.1, -0.05) is 70.9 Å². The van der Waals surface area contributed by atoms with E-state index in [2.05, 4.69) is 13.0 Å². The third kappa shape index (κ3) is 6.01. The first-order valence-electron chi connectivity index (χ1n) is 11.1. The standard InChI is InChI=1S/C21H32O.C3H8O/c1-2-3-4-5-6-7-9-16-12-13-18-15-20-17(14-19(16)18)10-8-11-21(20)22;1-2-3-4/h8,10-11,16,18-19,22H,2-7,9,12-15H2,1H3;4H,2-3H2,1H3/t16-,18?,19+;/m0./s1. The molecule has 3 atom stereocenters. The number of fused-ring (bicyclic) bond motifs is 2. The summed E-state index contributed by atoms with van der Waals surface area (Å²) in [5.41, 5.74) is 2.68. The fourth-order valence-electron chi connectivity index (χ4n) is 4.94. The van der Waals surface area contributed by atoms with E-state index in [-0.39, 0.29) is 0 Å². The van der Waals surface area contributed by atoms with Gasteiger partial charge in [-0.05, 0) is 67.1 Å². The Balaban J connectivity index is 0.000000552. The van der Waals surface area contributed by atoms with Crippen molar-refractivity contribution in [2.75, 3.05) is 6.61 Å². The Morgan fingerprint density at radius 2 is 1.65 bits per heavy atom. The van der Waals surface area contributed by atoms with Crippen LogP contribution in [0.5, 0.6) is 5.75 Å². The third-order valence-corrected chi connectivity index (χ3v) is 6.44. The third-order valence-electron chi connectivity index (χ3n) is 6.44. The van der Waals surface area contributed by atoms with E-state index >= 15 is 0 Å². The maximum Gasteiger partial charge on any atom is 0.119 e. The van der Waals surface area contributed by atoms with Crippen LogP contribution in [0.25, 0.3) is 0 Å². The summed E-state index contributed by atoms with van der Waals surface area (Å²) >= 11 is 0. The SMILES string of the molecule is CCCCCCCC[C@H]1CCC2Cc3c(O)cccc3C[C@@H]21.CCCO. The van der Waals surface area contributed by atoms with Gasteiger partial charge in [0.2, 0.25) is 0 Å². The molecule has 0 aliphatic heterocycles. The van der Waals surface area contributed by atoms with Crippen LogP contribution in [0.1, 0.15) is 89.2 Å². The van der Waals surface area contributed by atoms with Crippen LogP contribution in [0, 0.1) is 17.8 Å². The van der Waals surface area contributed by atoms with Crippen LogP contribution in [-0.2, 0) is 12.8 Å². The van der Waals surface area contributed by atoms with Crippen molar-refractivity contribution in [1.82, 2.24) is 0 Å². The number of aliphatic hydroxyl groups is 1. The summed E-state index contributed by atoms with van der Waals surface area (Å²) in [6, 6.07) is 6.12. The molecule has 0 aromatic heterocycles. The van der Waals surface area contributed by atoms with Crippen molar-refractivity contribution in [3.63, 3.8) is 0 Å². The topological polar surface area (TPSA) is 40.5 Å². The lowest BCUT2D eigenvalue weighted by molar-refractivity contribution is 0.270. The number of aliphatic hydroxyl groups excluding tert-OH is 1. The van der Waals surface area contributed by atoms with E-state index in [1.54, 1.807) is 0 Å². The minimum atomic E-state index is 0.319. The Morgan fingerprint density at radius 3 is 2.38 bits per heavy atom. The second kappa shape index (κ2) is 11.6. The molecule has 2 nitrogen and oxygen atoms in total. The lowest BCUT2D eigenvalue weighted by Crippen LogP contribution is -2.25. The highest BCUT2D eigenvalue weighted by molar-refractivity contribution is 5.41. The highest BCUT2D eigenvalue weighted by atomic mass is 16.3. The molecule has 0 saturated heterocycles. The molecule has 0 bridgehead atoms. The summed E-state index contributed by atoms with van der Waals surface area (Å²) in [7, 11) is 0.